The van der Waals surface area contributed by atoms with Gasteiger partial charge in [-0.15, -0.1) is 0 Å². The first kappa shape index (κ1) is 10.6. The van der Waals surface area contributed by atoms with Crippen LogP contribution in [0, 0.1) is 0 Å². The summed E-state index contributed by atoms with van der Waals surface area (Å²) < 4.78 is 5.42. The molecule has 0 aliphatic rings. The van der Waals surface area contributed by atoms with E-state index in [0.29, 0.717) is 6.61 Å². The number of hydrogen-bond donors (Lipinski definition) is 0. The molecule has 1 rings (SSSR count). The molecule has 0 spiro atoms. The second-order valence-corrected chi connectivity index (χ2v) is 3.16. The van der Waals surface area contributed by atoms with Gasteiger partial charge in [0, 0.05) is 0 Å². The third-order valence-electron chi connectivity index (χ3n) is 1.79. The highest BCUT2D eigenvalue weighted by molar-refractivity contribution is 5.15. The Hall–Kier alpha value is -1.50. The lowest BCUT2D eigenvalue weighted by molar-refractivity contribution is 0.234. The Morgan fingerprint density at radius 1 is 1.29 bits per heavy atom. The Kier molecular flexibility index (Phi) is 4.56. The molecule has 1 nitrogen and oxygen atoms in total. The molecule has 0 aliphatic heterocycles. The van der Waals surface area contributed by atoms with Crippen molar-refractivity contribution in [1.29, 1.82) is 0 Å². The van der Waals surface area contributed by atoms with Crippen molar-refractivity contribution in [2.45, 2.75) is 20.5 Å². The maximum Gasteiger partial charge on any atom is 0.112 e. The first-order chi connectivity index (χ1) is 6.83. The van der Waals surface area contributed by atoms with Crippen LogP contribution < -0.4 is 0 Å². The number of rotatable bonds is 4. The lowest BCUT2D eigenvalue weighted by Gasteiger charge is -2.01. The van der Waals surface area contributed by atoms with Crippen molar-refractivity contribution in [2.75, 3.05) is 0 Å². The fourth-order valence-electron chi connectivity index (χ4n) is 1.15. The number of allylic oxidation sites excluding steroid dienone is 3. The van der Waals surface area contributed by atoms with E-state index in [0.717, 1.165) is 5.57 Å². The van der Waals surface area contributed by atoms with Crippen LogP contribution in [0.5, 0.6) is 0 Å². The van der Waals surface area contributed by atoms with Gasteiger partial charge in [0.25, 0.3) is 0 Å². The summed E-state index contributed by atoms with van der Waals surface area (Å²) >= 11 is 0. The highest BCUT2D eigenvalue weighted by Crippen LogP contribution is 2.02. The third kappa shape index (κ3) is 3.94. The van der Waals surface area contributed by atoms with Crippen molar-refractivity contribution in [3.05, 3.63) is 59.9 Å². The molecule has 0 heterocycles. The van der Waals surface area contributed by atoms with Gasteiger partial charge in [-0.1, -0.05) is 42.5 Å². The van der Waals surface area contributed by atoms with Crippen LogP contribution in [0.25, 0.3) is 0 Å². The molecule has 0 aromatic heterocycles. The molecule has 0 saturated heterocycles. The van der Waals surface area contributed by atoms with Gasteiger partial charge in [-0.25, -0.2) is 0 Å². The van der Waals surface area contributed by atoms with Crippen LogP contribution in [0.15, 0.2) is 54.3 Å². The Balaban J connectivity index is 2.39. The van der Waals surface area contributed by atoms with Crippen LogP contribution in [0.2, 0.25) is 0 Å². The molecular formula is C13H16O. The molecule has 0 unspecified atom stereocenters. The average Bonchev–Trinajstić information content (AvgIpc) is 2.20. The van der Waals surface area contributed by atoms with Crippen LogP contribution in [0.4, 0.5) is 0 Å². The molecule has 1 aromatic carbocycles. The van der Waals surface area contributed by atoms with Gasteiger partial charge in [0.05, 0.1) is 6.26 Å². The second-order valence-electron chi connectivity index (χ2n) is 3.16. The molecule has 0 radical (unpaired) electrons. The van der Waals surface area contributed by atoms with Crippen molar-refractivity contribution in [3.8, 4) is 0 Å². The standard InChI is InChI=1S/C13H16O/c1-3-7-12(2)10-14-11-13-8-5-4-6-9-13/h3-10H,11H2,1-2H3. The van der Waals surface area contributed by atoms with E-state index in [9.17, 15) is 0 Å². The molecule has 0 atom stereocenters. The SMILES string of the molecule is CC=CC(C)=COCc1ccccc1. The Bertz CT molecular complexity index is 309. The Morgan fingerprint density at radius 2 is 2.00 bits per heavy atom. The molecule has 0 N–H and O–H groups in total. The predicted octanol–water partition coefficient (Wildman–Crippen LogP) is 3.68. The first-order valence-corrected chi connectivity index (χ1v) is 4.78. The molecular weight excluding hydrogens is 172 g/mol. The van der Waals surface area contributed by atoms with Crippen LogP contribution in [0.3, 0.4) is 0 Å². The minimum absolute atomic E-state index is 0.635. The van der Waals surface area contributed by atoms with E-state index in [2.05, 4.69) is 12.1 Å². The summed E-state index contributed by atoms with van der Waals surface area (Å²) in [4.78, 5) is 0. The van der Waals surface area contributed by atoms with Gasteiger partial charge in [0.1, 0.15) is 6.61 Å². The Labute approximate surface area is 85.7 Å². The van der Waals surface area contributed by atoms with Gasteiger partial charge in [-0.05, 0) is 25.0 Å². The third-order valence-corrected chi connectivity index (χ3v) is 1.79. The highest BCUT2D eigenvalue weighted by atomic mass is 16.5. The maximum absolute atomic E-state index is 5.42. The number of ether oxygens (including phenoxy) is 1. The summed E-state index contributed by atoms with van der Waals surface area (Å²) in [5.41, 5.74) is 2.32. The summed E-state index contributed by atoms with van der Waals surface area (Å²) in [6.45, 7) is 4.65. The lowest BCUT2D eigenvalue weighted by atomic mass is 10.2. The minimum Gasteiger partial charge on any atom is -0.496 e. The fourth-order valence-corrected chi connectivity index (χ4v) is 1.15. The highest BCUT2D eigenvalue weighted by Gasteiger charge is 1.88. The quantitative estimate of drug-likeness (QED) is 0.517. The van der Waals surface area contributed by atoms with Crippen molar-refractivity contribution in [2.24, 2.45) is 0 Å². The molecule has 0 fully saturated rings. The van der Waals surface area contributed by atoms with Gasteiger partial charge in [-0.2, -0.15) is 0 Å². The van der Waals surface area contributed by atoms with Crippen molar-refractivity contribution < 1.29 is 4.74 Å². The van der Waals surface area contributed by atoms with Crippen LogP contribution in [0.1, 0.15) is 19.4 Å². The van der Waals surface area contributed by atoms with Crippen molar-refractivity contribution in [3.63, 3.8) is 0 Å². The zero-order valence-corrected chi connectivity index (χ0v) is 8.73. The van der Waals surface area contributed by atoms with Gasteiger partial charge >= 0.3 is 0 Å². The molecule has 0 saturated carbocycles. The predicted molar refractivity (Wildman–Crippen MR) is 59.8 cm³/mol. The lowest BCUT2D eigenvalue weighted by Crippen LogP contribution is -1.85. The minimum atomic E-state index is 0.635. The van der Waals surface area contributed by atoms with E-state index in [4.69, 9.17) is 4.74 Å². The Morgan fingerprint density at radius 3 is 2.64 bits per heavy atom. The number of benzene rings is 1. The topological polar surface area (TPSA) is 9.23 Å². The van der Waals surface area contributed by atoms with E-state index < -0.39 is 0 Å². The van der Waals surface area contributed by atoms with E-state index in [-0.39, 0.29) is 0 Å². The first-order valence-electron chi connectivity index (χ1n) is 4.78. The largest absolute Gasteiger partial charge is 0.496 e. The van der Waals surface area contributed by atoms with Gasteiger partial charge < -0.3 is 4.74 Å². The van der Waals surface area contributed by atoms with Gasteiger partial charge in [-0.3, -0.25) is 0 Å². The van der Waals surface area contributed by atoms with Gasteiger partial charge in [0.15, 0.2) is 0 Å². The van der Waals surface area contributed by atoms with E-state index in [1.165, 1.54) is 5.56 Å². The molecule has 0 aliphatic carbocycles. The second kappa shape index (κ2) is 6.03. The zero-order chi connectivity index (χ0) is 10.2. The van der Waals surface area contributed by atoms with E-state index in [1.54, 1.807) is 6.26 Å². The van der Waals surface area contributed by atoms with Gasteiger partial charge in [0.2, 0.25) is 0 Å². The molecule has 0 amide bonds. The smallest absolute Gasteiger partial charge is 0.112 e. The molecule has 0 bridgehead atoms. The van der Waals surface area contributed by atoms with Crippen LogP contribution >= 0.6 is 0 Å². The molecule has 1 heteroatoms. The fraction of sp³-hybridized carbons (Fsp3) is 0.231. The number of hydrogen-bond acceptors (Lipinski definition) is 1. The van der Waals surface area contributed by atoms with Crippen molar-refractivity contribution >= 4 is 0 Å². The molecule has 74 valence electrons. The summed E-state index contributed by atoms with van der Waals surface area (Å²) in [5, 5.41) is 0. The molecule has 1 aromatic rings. The monoisotopic (exact) mass is 188 g/mol. The molecule has 14 heavy (non-hydrogen) atoms. The zero-order valence-electron chi connectivity index (χ0n) is 8.73. The maximum atomic E-state index is 5.42. The van der Waals surface area contributed by atoms with Crippen LogP contribution in [-0.4, -0.2) is 0 Å². The van der Waals surface area contributed by atoms with E-state index in [1.807, 2.05) is 44.2 Å². The average molecular weight is 188 g/mol. The van der Waals surface area contributed by atoms with Crippen LogP contribution in [-0.2, 0) is 11.3 Å². The summed E-state index contributed by atoms with van der Waals surface area (Å²) in [7, 11) is 0. The summed E-state index contributed by atoms with van der Waals surface area (Å²) in [5.74, 6) is 0. The van der Waals surface area contributed by atoms with Crippen molar-refractivity contribution in [1.82, 2.24) is 0 Å². The summed E-state index contributed by atoms with van der Waals surface area (Å²) in [6.07, 6.45) is 5.80. The van der Waals surface area contributed by atoms with E-state index >= 15 is 0 Å². The normalized spacial score (nSPS) is 12.0. The summed E-state index contributed by atoms with van der Waals surface area (Å²) in [6, 6.07) is 10.1.